The summed E-state index contributed by atoms with van der Waals surface area (Å²) < 4.78 is 0. The molecule has 0 spiro atoms. The van der Waals surface area contributed by atoms with E-state index in [1.54, 1.807) is 18.2 Å². The second kappa shape index (κ2) is 6.30. The van der Waals surface area contributed by atoms with Crippen LogP contribution in [0.2, 0.25) is 10.0 Å². The summed E-state index contributed by atoms with van der Waals surface area (Å²) in [7, 11) is 0. The SMILES string of the molecule is CCC(C)(C)NC(=O)CNc1cc(Cl)cc(Cl)c1. The number of rotatable bonds is 5. The number of anilines is 1. The maximum absolute atomic E-state index is 11.7. The van der Waals surface area contributed by atoms with E-state index in [0.29, 0.717) is 10.0 Å². The zero-order chi connectivity index (χ0) is 13.8. The maximum atomic E-state index is 11.7. The Bertz CT molecular complexity index is 413. The predicted octanol–water partition coefficient (Wildman–Crippen LogP) is 3.71. The summed E-state index contributed by atoms with van der Waals surface area (Å²) in [6, 6.07) is 5.10. The third kappa shape index (κ3) is 5.15. The quantitative estimate of drug-likeness (QED) is 0.867. The molecule has 1 aromatic rings. The Morgan fingerprint density at radius 2 is 1.78 bits per heavy atom. The Labute approximate surface area is 118 Å². The van der Waals surface area contributed by atoms with Crippen LogP contribution in [-0.2, 0) is 4.79 Å². The lowest BCUT2D eigenvalue weighted by Gasteiger charge is -2.24. The zero-order valence-corrected chi connectivity index (χ0v) is 12.3. The summed E-state index contributed by atoms with van der Waals surface area (Å²) >= 11 is 11.7. The first-order chi connectivity index (χ1) is 8.32. The van der Waals surface area contributed by atoms with Crippen molar-refractivity contribution >= 4 is 34.8 Å². The molecule has 0 atom stereocenters. The molecule has 0 unspecified atom stereocenters. The number of hydrogen-bond acceptors (Lipinski definition) is 2. The van der Waals surface area contributed by atoms with Gasteiger partial charge in [0, 0.05) is 21.3 Å². The third-order valence-corrected chi connectivity index (χ3v) is 3.11. The third-order valence-electron chi connectivity index (χ3n) is 2.68. The van der Waals surface area contributed by atoms with Crippen molar-refractivity contribution in [3.8, 4) is 0 Å². The van der Waals surface area contributed by atoms with Gasteiger partial charge in [0.1, 0.15) is 0 Å². The van der Waals surface area contributed by atoms with E-state index in [2.05, 4.69) is 10.6 Å². The van der Waals surface area contributed by atoms with Crippen LogP contribution in [-0.4, -0.2) is 18.0 Å². The van der Waals surface area contributed by atoms with Crippen molar-refractivity contribution in [2.24, 2.45) is 0 Å². The fraction of sp³-hybridized carbons (Fsp3) is 0.462. The average Bonchev–Trinajstić information content (AvgIpc) is 2.24. The molecule has 2 N–H and O–H groups in total. The largest absolute Gasteiger partial charge is 0.376 e. The molecule has 1 amide bonds. The highest BCUT2D eigenvalue weighted by molar-refractivity contribution is 6.35. The molecule has 0 heterocycles. The number of halogens is 2. The monoisotopic (exact) mass is 288 g/mol. The molecule has 0 saturated carbocycles. The Morgan fingerprint density at radius 1 is 1.22 bits per heavy atom. The standard InChI is InChI=1S/C13H18Cl2N2O/c1-4-13(2,3)17-12(18)8-16-11-6-9(14)5-10(15)7-11/h5-7,16H,4,8H2,1-3H3,(H,17,18). The van der Waals surface area contributed by atoms with Crippen molar-refractivity contribution < 1.29 is 4.79 Å². The highest BCUT2D eigenvalue weighted by Gasteiger charge is 2.17. The molecule has 0 radical (unpaired) electrons. The second-order valence-electron chi connectivity index (χ2n) is 4.80. The van der Waals surface area contributed by atoms with E-state index >= 15 is 0 Å². The van der Waals surface area contributed by atoms with Crippen molar-refractivity contribution in [1.82, 2.24) is 5.32 Å². The van der Waals surface area contributed by atoms with Gasteiger partial charge in [0.05, 0.1) is 6.54 Å². The van der Waals surface area contributed by atoms with E-state index in [9.17, 15) is 4.79 Å². The molecule has 1 rings (SSSR count). The number of benzene rings is 1. The first-order valence-corrected chi connectivity index (χ1v) is 6.59. The van der Waals surface area contributed by atoms with Crippen LogP contribution in [0.4, 0.5) is 5.69 Å². The van der Waals surface area contributed by atoms with E-state index in [4.69, 9.17) is 23.2 Å². The highest BCUT2D eigenvalue weighted by atomic mass is 35.5. The van der Waals surface area contributed by atoms with Crippen LogP contribution in [0, 0.1) is 0 Å². The van der Waals surface area contributed by atoms with Crippen molar-refractivity contribution in [3.63, 3.8) is 0 Å². The molecule has 18 heavy (non-hydrogen) atoms. The number of amides is 1. The first-order valence-electron chi connectivity index (χ1n) is 5.83. The van der Waals surface area contributed by atoms with Crippen LogP contribution in [0.5, 0.6) is 0 Å². The Kier molecular flexibility index (Phi) is 5.29. The summed E-state index contributed by atoms with van der Waals surface area (Å²) in [5.41, 5.74) is 0.544. The van der Waals surface area contributed by atoms with Gasteiger partial charge in [-0.05, 0) is 38.5 Å². The van der Waals surface area contributed by atoms with Crippen molar-refractivity contribution in [2.75, 3.05) is 11.9 Å². The number of carbonyl (C=O) groups is 1. The van der Waals surface area contributed by atoms with E-state index in [1.807, 2.05) is 20.8 Å². The van der Waals surface area contributed by atoms with Gasteiger partial charge in [-0.25, -0.2) is 0 Å². The number of carbonyl (C=O) groups excluding carboxylic acids is 1. The molecule has 0 bridgehead atoms. The molecule has 0 aliphatic carbocycles. The molecule has 0 aliphatic heterocycles. The van der Waals surface area contributed by atoms with Gasteiger partial charge in [-0.15, -0.1) is 0 Å². The van der Waals surface area contributed by atoms with Crippen LogP contribution >= 0.6 is 23.2 Å². The molecule has 0 aromatic heterocycles. The molecule has 1 aromatic carbocycles. The van der Waals surface area contributed by atoms with Gasteiger partial charge in [-0.3, -0.25) is 4.79 Å². The lowest BCUT2D eigenvalue weighted by atomic mass is 10.0. The number of hydrogen-bond donors (Lipinski definition) is 2. The minimum Gasteiger partial charge on any atom is -0.376 e. The van der Waals surface area contributed by atoms with Crippen LogP contribution < -0.4 is 10.6 Å². The van der Waals surface area contributed by atoms with Crippen LogP contribution in [0.15, 0.2) is 18.2 Å². The van der Waals surface area contributed by atoms with E-state index in [0.717, 1.165) is 12.1 Å². The van der Waals surface area contributed by atoms with Crippen molar-refractivity contribution in [2.45, 2.75) is 32.7 Å². The minimum absolute atomic E-state index is 0.0575. The predicted molar refractivity (Wildman–Crippen MR) is 77.5 cm³/mol. The van der Waals surface area contributed by atoms with E-state index in [1.165, 1.54) is 0 Å². The topological polar surface area (TPSA) is 41.1 Å². The highest BCUT2D eigenvalue weighted by Crippen LogP contribution is 2.22. The van der Waals surface area contributed by atoms with Crippen LogP contribution in [0.25, 0.3) is 0 Å². The Morgan fingerprint density at radius 3 is 2.28 bits per heavy atom. The zero-order valence-electron chi connectivity index (χ0n) is 10.8. The lowest BCUT2D eigenvalue weighted by Crippen LogP contribution is -2.45. The van der Waals surface area contributed by atoms with Crippen molar-refractivity contribution in [3.05, 3.63) is 28.2 Å². The number of nitrogens with one attached hydrogen (secondary N) is 2. The Hall–Kier alpha value is -0.930. The van der Waals surface area contributed by atoms with Gasteiger partial charge >= 0.3 is 0 Å². The van der Waals surface area contributed by atoms with Gasteiger partial charge in [0.2, 0.25) is 5.91 Å². The molecular weight excluding hydrogens is 271 g/mol. The molecule has 100 valence electrons. The van der Waals surface area contributed by atoms with Gasteiger partial charge in [0.15, 0.2) is 0 Å². The summed E-state index contributed by atoms with van der Waals surface area (Å²) in [5.74, 6) is -0.0575. The van der Waals surface area contributed by atoms with Gasteiger partial charge in [-0.2, -0.15) is 0 Å². The van der Waals surface area contributed by atoms with Crippen LogP contribution in [0.1, 0.15) is 27.2 Å². The molecule has 0 fully saturated rings. The molecule has 5 heteroatoms. The van der Waals surface area contributed by atoms with Crippen molar-refractivity contribution in [1.29, 1.82) is 0 Å². The lowest BCUT2D eigenvalue weighted by molar-refractivity contribution is -0.121. The summed E-state index contributed by atoms with van der Waals surface area (Å²) in [5, 5.41) is 7.01. The van der Waals surface area contributed by atoms with E-state index < -0.39 is 0 Å². The molecule has 0 saturated heterocycles. The first kappa shape index (κ1) is 15.1. The minimum atomic E-state index is -0.190. The molecule has 0 aliphatic rings. The van der Waals surface area contributed by atoms with Gasteiger partial charge < -0.3 is 10.6 Å². The molecular formula is C13H18Cl2N2O. The summed E-state index contributed by atoms with van der Waals surface area (Å²) in [6.45, 7) is 6.20. The van der Waals surface area contributed by atoms with E-state index in [-0.39, 0.29) is 18.0 Å². The smallest absolute Gasteiger partial charge is 0.239 e. The van der Waals surface area contributed by atoms with Gasteiger partial charge in [-0.1, -0.05) is 30.1 Å². The molecule has 3 nitrogen and oxygen atoms in total. The summed E-state index contributed by atoms with van der Waals surface area (Å²) in [4.78, 5) is 11.7. The fourth-order valence-corrected chi connectivity index (χ4v) is 1.87. The Balaban J connectivity index is 2.52. The van der Waals surface area contributed by atoms with Gasteiger partial charge in [0.25, 0.3) is 0 Å². The maximum Gasteiger partial charge on any atom is 0.239 e. The second-order valence-corrected chi connectivity index (χ2v) is 5.67. The van der Waals surface area contributed by atoms with Crippen LogP contribution in [0.3, 0.4) is 0 Å². The normalized spacial score (nSPS) is 11.2. The fourth-order valence-electron chi connectivity index (χ4n) is 1.35. The average molecular weight is 289 g/mol. The summed E-state index contributed by atoms with van der Waals surface area (Å²) in [6.07, 6.45) is 0.877.